The molecule has 0 aromatic heterocycles. The zero-order chi connectivity index (χ0) is 20.0. The molecule has 0 aliphatic carbocycles. The summed E-state index contributed by atoms with van der Waals surface area (Å²) >= 11 is 0. The number of sulfonamides is 1. The van der Waals surface area contributed by atoms with Crippen LogP contribution in [0.5, 0.6) is 0 Å². The minimum Gasteiger partial charge on any atom is -0.326 e. The fourth-order valence-corrected chi connectivity index (χ4v) is 3.59. The van der Waals surface area contributed by atoms with E-state index in [9.17, 15) is 18.0 Å². The van der Waals surface area contributed by atoms with Crippen molar-refractivity contribution in [1.29, 1.82) is 0 Å². The lowest BCUT2D eigenvalue weighted by molar-refractivity contribution is -0.116. The van der Waals surface area contributed by atoms with Crippen molar-refractivity contribution in [2.75, 3.05) is 22.4 Å². The van der Waals surface area contributed by atoms with Crippen LogP contribution in [0.25, 0.3) is 0 Å². The van der Waals surface area contributed by atoms with E-state index in [0.29, 0.717) is 23.4 Å². The first-order valence-corrected chi connectivity index (χ1v) is 10.5. The van der Waals surface area contributed by atoms with Gasteiger partial charge in [0.25, 0.3) is 0 Å². The summed E-state index contributed by atoms with van der Waals surface area (Å²) in [4.78, 5) is 23.5. The van der Waals surface area contributed by atoms with Crippen molar-refractivity contribution in [3.05, 3.63) is 59.7 Å². The summed E-state index contributed by atoms with van der Waals surface area (Å²) in [6, 6.07) is 13.9. The molecular weight excluding hydrogens is 364 g/mol. The van der Waals surface area contributed by atoms with E-state index in [0.717, 1.165) is 11.8 Å². The number of ketones is 1. The number of carbonyl (C=O) groups excluding carboxylic acids is 2. The highest BCUT2D eigenvalue weighted by atomic mass is 32.2. The highest BCUT2D eigenvalue weighted by molar-refractivity contribution is 7.92. The molecule has 0 unspecified atom stereocenters. The van der Waals surface area contributed by atoms with E-state index in [-0.39, 0.29) is 24.7 Å². The zero-order valence-electron chi connectivity index (χ0n) is 15.7. The fraction of sp³-hybridized carbons (Fsp3) is 0.300. The number of amides is 1. The molecule has 2 rings (SSSR count). The van der Waals surface area contributed by atoms with Gasteiger partial charge in [-0.15, -0.1) is 0 Å². The quantitative estimate of drug-likeness (QED) is 0.703. The molecule has 0 spiro atoms. The lowest BCUT2D eigenvalue weighted by Crippen LogP contribution is -2.31. The topological polar surface area (TPSA) is 83.6 Å². The molecular formula is C20H24N2O4S. The van der Waals surface area contributed by atoms with Crippen LogP contribution in [0, 0.1) is 6.92 Å². The molecule has 0 atom stereocenters. The van der Waals surface area contributed by atoms with E-state index in [1.165, 1.54) is 11.2 Å². The summed E-state index contributed by atoms with van der Waals surface area (Å²) in [5.74, 6) is -0.305. The van der Waals surface area contributed by atoms with Crippen molar-refractivity contribution >= 4 is 33.1 Å². The van der Waals surface area contributed by atoms with Crippen molar-refractivity contribution in [3.63, 3.8) is 0 Å². The fourth-order valence-electron chi connectivity index (χ4n) is 2.62. The highest BCUT2D eigenvalue weighted by Gasteiger charge is 2.17. The number of Topliss-reactive ketones (excluding diaryl/α,β-unsaturated/α-hetero) is 1. The number of nitrogens with zero attached hydrogens (tertiary/aromatic N) is 1. The van der Waals surface area contributed by atoms with Gasteiger partial charge >= 0.3 is 0 Å². The van der Waals surface area contributed by atoms with Gasteiger partial charge in [0.2, 0.25) is 15.9 Å². The molecule has 27 heavy (non-hydrogen) atoms. The van der Waals surface area contributed by atoms with E-state index in [1.54, 1.807) is 36.4 Å². The van der Waals surface area contributed by atoms with Gasteiger partial charge in [0, 0.05) is 24.2 Å². The van der Waals surface area contributed by atoms with Gasteiger partial charge in [-0.1, -0.05) is 29.8 Å². The third-order valence-electron chi connectivity index (χ3n) is 4.04. The zero-order valence-corrected chi connectivity index (χ0v) is 16.5. The largest absolute Gasteiger partial charge is 0.326 e. The molecule has 0 heterocycles. The molecule has 7 heteroatoms. The lowest BCUT2D eigenvalue weighted by Gasteiger charge is -2.22. The van der Waals surface area contributed by atoms with Crippen LogP contribution in [-0.4, -0.2) is 32.9 Å². The van der Waals surface area contributed by atoms with Crippen molar-refractivity contribution in [1.82, 2.24) is 0 Å². The van der Waals surface area contributed by atoms with Crippen LogP contribution in [-0.2, 0) is 14.8 Å². The summed E-state index contributed by atoms with van der Waals surface area (Å²) in [5, 5.41) is 2.74. The Morgan fingerprint density at radius 1 is 1.07 bits per heavy atom. The summed E-state index contributed by atoms with van der Waals surface area (Å²) < 4.78 is 25.5. The molecule has 0 bridgehead atoms. The smallest absolute Gasteiger partial charge is 0.232 e. The number of hydrogen-bond acceptors (Lipinski definition) is 4. The van der Waals surface area contributed by atoms with Gasteiger partial charge in [0.15, 0.2) is 5.78 Å². The second kappa shape index (κ2) is 8.81. The first kappa shape index (κ1) is 20.6. The molecule has 0 saturated carbocycles. The Hall–Kier alpha value is -2.67. The SMILES string of the molecule is CC(=O)c1cccc(NC(=O)CCCN(c2ccc(C)cc2)S(C)(=O)=O)c1. The van der Waals surface area contributed by atoms with E-state index < -0.39 is 10.0 Å². The van der Waals surface area contributed by atoms with Crippen LogP contribution in [0.4, 0.5) is 11.4 Å². The molecule has 0 fully saturated rings. The number of anilines is 2. The van der Waals surface area contributed by atoms with Crippen LogP contribution >= 0.6 is 0 Å². The predicted molar refractivity (Wildman–Crippen MR) is 108 cm³/mol. The Kier molecular flexibility index (Phi) is 6.74. The number of nitrogens with one attached hydrogen (secondary N) is 1. The summed E-state index contributed by atoms with van der Waals surface area (Å²) in [6.45, 7) is 3.61. The number of carbonyl (C=O) groups is 2. The second-order valence-corrected chi connectivity index (χ2v) is 8.37. The van der Waals surface area contributed by atoms with E-state index in [4.69, 9.17) is 0 Å². The van der Waals surface area contributed by atoms with Crippen molar-refractivity contribution in [2.45, 2.75) is 26.7 Å². The monoisotopic (exact) mass is 388 g/mol. The molecule has 0 aliphatic heterocycles. The first-order chi connectivity index (χ1) is 12.7. The number of hydrogen-bond donors (Lipinski definition) is 1. The average molecular weight is 388 g/mol. The van der Waals surface area contributed by atoms with Gasteiger partial charge in [-0.2, -0.15) is 0 Å². The van der Waals surface area contributed by atoms with Crippen LogP contribution in [0.1, 0.15) is 35.7 Å². The molecule has 2 aromatic rings. The Labute approximate surface area is 160 Å². The van der Waals surface area contributed by atoms with Gasteiger partial charge in [0.1, 0.15) is 0 Å². The molecule has 2 aromatic carbocycles. The third-order valence-corrected chi connectivity index (χ3v) is 5.23. The second-order valence-electron chi connectivity index (χ2n) is 6.46. The van der Waals surface area contributed by atoms with Crippen LogP contribution < -0.4 is 9.62 Å². The van der Waals surface area contributed by atoms with Crippen LogP contribution in [0.3, 0.4) is 0 Å². The van der Waals surface area contributed by atoms with Gasteiger partial charge in [0.05, 0.1) is 11.9 Å². The summed E-state index contributed by atoms with van der Waals surface area (Å²) in [6.07, 6.45) is 1.70. The summed E-state index contributed by atoms with van der Waals surface area (Å²) in [5.41, 5.74) is 2.69. The minimum absolute atomic E-state index is 0.0759. The van der Waals surface area contributed by atoms with Gasteiger partial charge < -0.3 is 5.32 Å². The predicted octanol–water partition coefficient (Wildman–Crippen LogP) is 3.38. The van der Waals surface area contributed by atoms with E-state index in [1.807, 2.05) is 19.1 Å². The van der Waals surface area contributed by atoms with Crippen LogP contribution in [0.2, 0.25) is 0 Å². The van der Waals surface area contributed by atoms with Crippen LogP contribution in [0.15, 0.2) is 48.5 Å². The third kappa shape index (κ3) is 6.21. The number of benzene rings is 2. The molecule has 0 aliphatic rings. The van der Waals surface area contributed by atoms with E-state index >= 15 is 0 Å². The minimum atomic E-state index is -3.44. The molecule has 0 radical (unpaired) electrons. The van der Waals surface area contributed by atoms with Crippen molar-refractivity contribution in [2.24, 2.45) is 0 Å². The van der Waals surface area contributed by atoms with E-state index in [2.05, 4.69) is 5.32 Å². The maximum Gasteiger partial charge on any atom is 0.232 e. The number of rotatable bonds is 8. The Balaban J connectivity index is 1.96. The molecule has 6 nitrogen and oxygen atoms in total. The maximum absolute atomic E-state index is 12.1. The average Bonchev–Trinajstić information content (AvgIpc) is 2.59. The molecule has 1 amide bonds. The molecule has 1 N–H and O–H groups in total. The Bertz CT molecular complexity index is 921. The number of aryl methyl sites for hydroxylation is 1. The van der Waals surface area contributed by atoms with Gasteiger partial charge in [-0.25, -0.2) is 8.42 Å². The maximum atomic E-state index is 12.1. The van der Waals surface area contributed by atoms with Gasteiger partial charge in [-0.05, 0) is 44.5 Å². The lowest BCUT2D eigenvalue weighted by atomic mass is 10.1. The standard InChI is InChI=1S/C20H24N2O4S/c1-15-9-11-19(12-10-15)22(27(3,25)26)13-5-8-20(24)21-18-7-4-6-17(14-18)16(2)23/h4,6-7,9-12,14H,5,8,13H2,1-3H3,(H,21,24). The van der Waals surface area contributed by atoms with Gasteiger partial charge in [-0.3, -0.25) is 13.9 Å². The molecule has 144 valence electrons. The Morgan fingerprint density at radius 2 is 1.74 bits per heavy atom. The Morgan fingerprint density at radius 3 is 2.33 bits per heavy atom. The normalized spacial score (nSPS) is 11.1. The van der Waals surface area contributed by atoms with Crippen molar-refractivity contribution < 1.29 is 18.0 Å². The van der Waals surface area contributed by atoms with Crippen molar-refractivity contribution in [3.8, 4) is 0 Å². The molecule has 0 saturated heterocycles. The summed E-state index contributed by atoms with van der Waals surface area (Å²) in [7, 11) is -3.44. The first-order valence-electron chi connectivity index (χ1n) is 8.62. The highest BCUT2D eigenvalue weighted by Crippen LogP contribution is 2.19.